The lowest BCUT2D eigenvalue weighted by Crippen LogP contribution is -2.32. The van der Waals surface area contributed by atoms with E-state index in [9.17, 15) is 0 Å². The molecule has 0 aromatic heterocycles. The van der Waals surface area contributed by atoms with Gasteiger partial charge in [0, 0.05) is 12.2 Å². The minimum atomic E-state index is -0.116. The Bertz CT molecular complexity index is 477. The van der Waals surface area contributed by atoms with Crippen molar-refractivity contribution in [2.45, 2.75) is 45.1 Å². The second kappa shape index (κ2) is 6.31. The topological polar surface area (TPSA) is 38.7 Å². The number of aliphatic hydroxyl groups is 1. The van der Waals surface area contributed by atoms with E-state index in [2.05, 4.69) is 20.4 Å². The van der Waals surface area contributed by atoms with Gasteiger partial charge in [-0.2, -0.15) is 0 Å². The first-order valence-corrected chi connectivity index (χ1v) is 7.26. The van der Waals surface area contributed by atoms with Gasteiger partial charge in [0.1, 0.15) is 23.7 Å². The Hall–Kier alpha value is -1.48. The molecule has 1 heterocycles. The first-order chi connectivity index (χ1) is 9.57. The van der Waals surface area contributed by atoms with Crippen LogP contribution in [0.3, 0.4) is 0 Å². The summed E-state index contributed by atoms with van der Waals surface area (Å²) in [6, 6.07) is 4.08. The second-order valence-corrected chi connectivity index (χ2v) is 5.82. The standard InChI is InChI=1S/C17H24O3/c1-4-12-19-16-13(6-5-11-18)7-8-15-14(16)9-10-17(2,3)20-15/h4,7-8,18H,1,5-6,9-12H2,2-3H3. The molecule has 0 bridgehead atoms. The SMILES string of the molecule is C=CCOc1c(CCCO)ccc2c1CCC(C)(C)O2. The van der Waals surface area contributed by atoms with Crippen molar-refractivity contribution in [1.29, 1.82) is 0 Å². The molecular formula is C17H24O3. The zero-order valence-corrected chi connectivity index (χ0v) is 12.4. The molecule has 1 aliphatic heterocycles. The number of hydrogen-bond acceptors (Lipinski definition) is 3. The van der Waals surface area contributed by atoms with Gasteiger partial charge in [-0.25, -0.2) is 0 Å². The first-order valence-electron chi connectivity index (χ1n) is 7.26. The van der Waals surface area contributed by atoms with Crippen LogP contribution in [0, 0.1) is 0 Å². The molecule has 1 aliphatic rings. The molecule has 2 rings (SSSR count). The van der Waals surface area contributed by atoms with Crippen molar-refractivity contribution in [1.82, 2.24) is 0 Å². The summed E-state index contributed by atoms with van der Waals surface area (Å²) in [6.45, 7) is 8.62. The fourth-order valence-corrected chi connectivity index (χ4v) is 2.55. The minimum absolute atomic E-state index is 0.116. The summed E-state index contributed by atoms with van der Waals surface area (Å²) in [7, 11) is 0. The Kier molecular flexibility index (Phi) is 4.71. The second-order valence-electron chi connectivity index (χ2n) is 5.82. The van der Waals surface area contributed by atoms with Crippen molar-refractivity contribution in [2.75, 3.05) is 13.2 Å². The van der Waals surface area contributed by atoms with E-state index >= 15 is 0 Å². The van der Waals surface area contributed by atoms with Gasteiger partial charge in [0.2, 0.25) is 0 Å². The number of aryl methyl sites for hydroxylation is 1. The van der Waals surface area contributed by atoms with E-state index < -0.39 is 0 Å². The lowest BCUT2D eigenvalue weighted by Gasteiger charge is -2.34. The maximum Gasteiger partial charge on any atom is 0.129 e. The molecule has 20 heavy (non-hydrogen) atoms. The predicted molar refractivity (Wildman–Crippen MR) is 80.6 cm³/mol. The Balaban J connectivity index is 2.33. The quantitative estimate of drug-likeness (QED) is 0.810. The third-order valence-corrected chi connectivity index (χ3v) is 3.61. The molecule has 0 atom stereocenters. The zero-order valence-electron chi connectivity index (χ0n) is 12.4. The van der Waals surface area contributed by atoms with Crippen LogP contribution in [0.1, 0.15) is 37.8 Å². The van der Waals surface area contributed by atoms with E-state index in [0.717, 1.165) is 48.3 Å². The minimum Gasteiger partial charge on any atom is -0.489 e. The molecule has 0 saturated heterocycles. The molecule has 0 saturated carbocycles. The normalized spacial score (nSPS) is 16.1. The number of benzene rings is 1. The fourth-order valence-electron chi connectivity index (χ4n) is 2.55. The summed E-state index contributed by atoms with van der Waals surface area (Å²) in [4.78, 5) is 0. The van der Waals surface area contributed by atoms with Gasteiger partial charge in [0.25, 0.3) is 0 Å². The van der Waals surface area contributed by atoms with Gasteiger partial charge in [-0.1, -0.05) is 18.7 Å². The highest BCUT2D eigenvalue weighted by Crippen LogP contribution is 2.40. The van der Waals surface area contributed by atoms with Crippen molar-refractivity contribution < 1.29 is 14.6 Å². The van der Waals surface area contributed by atoms with Crippen LogP contribution in [0.5, 0.6) is 11.5 Å². The average molecular weight is 276 g/mol. The number of hydrogen-bond donors (Lipinski definition) is 1. The van der Waals surface area contributed by atoms with Gasteiger partial charge in [0.15, 0.2) is 0 Å². The summed E-state index contributed by atoms with van der Waals surface area (Å²) in [5, 5.41) is 9.02. The summed E-state index contributed by atoms with van der Waals surface area (Å²) < 4.78 is 11.9. The zero-order chi connectivity index (χ0) is 14.6. The van der Waals surface area contributed by atoms with E-state index in [-0.39, 0.29) is 12.2 Å². The van der Waals surface area contributed by atoms with Crippen molar-refractivity contribution in [3.05, 3.63) is 35.9 Å². The average Bonchev–Trinajstić information content (AvgIpc) is 2.42. The molecule has 0 aliphatic carbocycles. The highest BCUT2D eigenvalue weighted by atomic mass is 16.5. The van der Waals surface area contributed by atoms with Crippen LogP contribution >= 0.6 is 0 Å². The number of aliphatic hydroxyl groups excluding tert-OH is 1. The third kappa shape index (κ3) is 3.34. The van der Waals surface area contributed by atoms with Crippen LogP contribution in [-0.2, 0) is 12.8 Å². The van der Waals surface area contributed by atoms with Crippen molar-refractivity contribution in [3.63, 3.8) is 0 Å². The molecular weight excluding hydrogens is 252 g/mol. The molecule has 1 N–H and O–H groups in total. The lowest BCUT2D eigenvalue weighted by molar-refractivity contribution is 0.0833. The molecule has 0 fully saturated rings. The van der Waals surface area contributed by atoms with Crippen molar-refractivity contribution in [2.24, 2.45) is 0 Å². The molecule has 110 valence electrons. The Morgan fingerprint density at radius 2 is 2.25 bits per heavy atom. The largest absolute Gasteiger partial charge is 0.489 e. The van der Waals surface area contributed by atoms with Crippen LogP contribution in [0.25, 0.3) is 0 Å². The van der Waals surface area contributed by atoms with Crippen molar-refractivity contribution >= 4 is 0 Å². The van der Waals surface area contributed by atoms with Crippen molar-refractivity contribution in [3.8, 4) is 11.5 Å². The fraction of sp³-hybridized carbons (Fsp3) is 0.529. The Labute approximate surface area is 121 Å². The van der Waals surface area contributed by atoms with Crippen LogP contribution in [0.15, 0.2) is 24.8 Å². The molecule has 0 amide bonds. The molecule has 3 heteroatoms. The van der Waals surface area contributed by atoms with E-state index in [1.165, 1.54) is 0 Å². The number of fused-ring (bicyclic) bond motifs is 1. The Morgan fingerprint density at radius 1 is 1.45 bits per heavy atom. The maximum absolute atomic E-state index is 9.02. The summed E-state index contributed by atoms with van der Waals surface area (Å²) in [5.74, 6) is 1.85. The first kappa shape index (κ1) is 14.9. The van der Waals surface area contributed by atoms with Gasteiger partial charge in [-0.3, -0.25) is 0 Å². The maximum atomic E-state index is 9.02. The van der Waals surface area contributed by atoms with E-state index in [1.807, 2.05) is 12.1 Å². The van der Waals surface area contributed by atoms with E-state index in [1.54, 1.807) is 6.08 Å². The van der Waals surface area contributed by atoms with Crippen LogP contribution in [-0.4, -0.2) is 23.9 Å². The molecule has 0 spiro atoms. The molecule has 0 unspecified atom stereocenters. The highest BCUT2D eigenvalue weighted by molar-refractivity contribution is 5.51. The summed E-state index contributed by atoms with van der Waals surface area (Å²) >= 11 is 0. The van der Waals surface area contributed by atoms with E-state index in [4.69, 9.17) is 14.6 Å². The smallest absolute Gasteiger partial charge is 0.129 e. The highest BCUT2D eigenvalue weighted by Gasteiger charge is 2.29. The van der Waals surface area contributed by atoms with Gasteiger partial charge < -0.3 is 14.6 Å². The summed E-state index contributed by atoms with van der Waals surface area (Å²) in [5.41, 5.74) is 2.18. The lowest BCUT2D eigenvalue weighted by atomic mass is 9.91. The molecule has 1 aromatic rings. The number of rotatable bonds is 6. The Morgan fingerprint density at radius 3 is 2.95 bits per heavy atom. The summed E-state index contributed by atoms with van der Waals surface area (Å²) in [6.07, 6.45) is 5.26. The van der Waals surface area contributed by atoms with Crippen LogP contribution < -0.4 is 9.47 Å². The molecule has 1 aromatic carbocycles. The van der Waals surface area contributed by atoms with Crippen LogP contribution in [0.2, 0.25) is 0 Å². The third-order valence-electron chi connectivity index (χ3n) is 3.61. The van der Waals surface area contributed by atoms with Gasteiger partial charge in [0.05, 0.1) is 0 Å². The predicted octanol–water partition coefficient (Wildman–Crippen LogP) is 3.28. The molecule has 0 radical (unpaired) electrons. The number of ether oxygens (including phenoxy) is 2. The molecule has 3 nitrogen and oxygen atoms in total. The van der Waals surface area contributed by atoms with Gasteiger partial charge in [-0.05, 0) is 51.2 Å². The monoisotopic (exact) mass is 276 g/mol. The van der Waals surface area contributed by atoms with E-state index in [0.29, 0.717) is 6.61 Å². The van der Waals surface area contributed by atoms with Crippen LogP contribution in [0.4, 0.5) is 0 Å². The van der Waals surface area contributed by atoms with Gasteiger partial charge in [-0.15, -0.1) is 0 Å². The van der Waals surface area contributed by atoms with Gasteiger partial charge >= 0.3 is 0 Å².